The van der Waals surface area contributed by atoms with Gasteiger partial charge < -0.3 is 20.1 Å². The fourth-order valence-corrected chi connectivity index (χ4v) is 4.75. The third-order valence-electron chi connectivity index (χ3n) is 6.47. The number of hydrogen-bond donors (Lipinski definition) is 3. The molecule has 1 aromatic heterocycles. The molecule has 0 saturated heterocycles. The molecule has 0 spiro atoms. The van der Waals surface area contributed by atoms with E-state index in [1.54, 1.807) is 19.1 Å². The van der Waals surface area contributed by atoms with Gasteiger partial charge in [-0.2, -0.15) is 0 Å². The van der Waals surface area contributed by atoms with E-state index in [9.17, 15) is 14.7 Å². The minimum absolute atomic E-state index is 0.218. The van der Waals surface area contributed by atoms with Crippen LogP contribution in [0.2, 0.25) is 5.02 Å². The average molecular weight is 534 g/mol. The summed E-state index contributed by atoms with van der Waals surface area (Å²) in [5.74, 6) is -0.776. The molecule has 3 N–H and O–H groups in total. The first-order valence-corrected chi connectivity index (χ1v) is 13.2. The first-order valence-electron chi connectivity index (χ1n) is 12.8. The number of carbonyl (C=O) groups excluding carboxylic acids is 2. The molecule has 1 amide bonds. The molecule has 38 heavy (non-hydrogen) atoms. The molecule has 0 bridgehead atoms. The number of carbonyl (C=O) groups is 2. The number of ether oxygens (including phenoxy) is 1. The maximum atomic E-state index is 13.3. The molecule has 198 valence electrons. The number of esters is 1. The molecular weight excluding hydrogens is 502 g/mol. The molecule has 0 aliphatic heterocycles. The number of aromatic nitrogens is 2. The molecule has 0 saturated carbocycles. The van der Waals surface area contributed by atoms with Crippen molar-refractivity contribution in [3.8, 4) is 11.1 Å². The molecule has 0 radical (unpaired) electrons. The van der Waals surface area contributed by atoms with Crippen molar-refractivity contribution < 1.29 is 19.4 Å². The normalized spacial score (nSPS) is 12.7. The van der Waals surface area contributed by atoms with E-state index in [0.29, 0.717) is 34.5 Å². The van der Waals surface area contributed by atoms with E-state index in [1.165, 1.54) is 0 Å². The van der Waals surface area contributed by atoms with Crippen molar-refractivity contribution in [2.75, 3.05) is 13.2 Å². The van der Waals surface area contributed by atoms with Crippen molar-refractivity contribution in [2.45, 2.75) is 39.2 Å². The Labute approximate surface area is 227 Å². The lowest BCUT2D eigenvalue weighted by Gasteiger charge is -2.23. The van der Waals surface area contributed by atoms with E-state index >= 15 is 0 Å². The van der Waals surface area contributed by atoms with Crippen molar-refractivity contribution >= 4 is 34.5 Å². The van der Waals surface area contributed by atoms with Gasteiger partial charge in [0.25, 0.3) is 5.91 Å². The van der Waals surface area contributed by atoms with E-state index in [0.717, 1.165) is 22.5 Å². The number of benzene rings is 3. The molecule has 1 unspecified atom stereocenters. The number of aliphatic hydroxyl groups excluding tert-OH is 1. The van der Waals surface area contributed by atoms with Crippen molar-refractivity contribution in [3.05, 3.63) is 88.7 Å². The third-order valence-corrected chi connectivity index (χ3v) is 6.76. The van der Waals surface area contributed by atoms with Crippen LogP contribution in [0.1, 0.15) is 42.0 Å². The molecule has 4 rings (SSSR count). The number of amides is 1. The lowest BCUT2D eigenvalue weighted by Crippen LogP contribution is -2.40. The molecule has 0 aliphatic carbocycles. The summed E-state index contributed by atoms with van der Waals surface area (Å²) in [5.41, 5.74) is 4.89. The highest BCUT2D eigenvalue weighted by molar-refractivity contribution is 6.35. The zero-order valence-electron chi connectivity index (χ0n) is 21.5. The Bertz CT molecular complexity index is 1390. The van der Waals surface area contributed by atoms with Gasteiger partial charge in [-0.05, 0) is 48.6 Å². The number of aliphatic hydroxyl groups is 1. The average Bonchev–Trinajstić information content (AvgIpc) is 3.37. The van der Waals surface area contributed by atoms with Gasteiger partial charge >= 0.3 is 5.97 Å². The number of H-pyrrole nitrogens is 1. The van der Waals surface area contributed by atoms with Crippen molar-refractivity contribution in [1.82, 2.24) is 15.3 Å². The number of hydrogen-bond acceptors (Lipinski definition) is 5. The summed E-state index contributed by atoms with van der Waals surface area (Å²) in [6.07, 6.45) is 1.41. The second-order valence-corrected chi connectivity index (χ2v) is 9.60. The van der Waals surface area contributed by atoms with Gasteiger partial charge in [0, 0.05) is 18.0 Å². The Morgan fingerprint density at radius 2 is 1.76 bits per heavy atom. The van der Waals surface area contributed by atoms with Crippen LogP contribution in [0.4, 0.5) is 0 Å². The molecule has 8 heteroatoms. The van der Waals surface area contributed by atoms with Crippen LogP contribution in [-0.2, 0) is 22.4 Å². The maximum absolute atomic E-state index is 13.3. The van der Waals surface area contributed by atoms with Crippen LogP contribution in [0.5, 0.6) is 0 Å². The van der Waals surface area contributed by atoms with Crippen LogP contribution < -0.4 is 5.32 Å². The number of imidazole rings is 1. The minimum atomic E-state index is -0.755. The van der Waals surface area contributed by atoms with Gasteiger partial charge in [-0.1, -0.05) is 73.1 Å². The molecule has 7 nitrogen and oxygen atoms in total. The van der Waals surface area contributed by atoms with E-state index in [2.05, 4.69) is 15.3 Å². The fraction of sp³-hybridized carbons (Fsp3) is 0.300. The first kappa shape index (κ1) is 27.4. The van der Waals surface area contributed by atoms with Gasteiger partial charge in [0.05, 0.1) is 29.7 Å². The minimum Gasteiger partial charge on any atom is -0.466 e. The van der Waals surface area contributed by atoms with Crippen LogP contribution in [0, 0.1) is 5.92 Å². The zero-order chi connectivity index (χ0) is 27.1. The van der Waals surface area contributed by atoms with E-state index < -0.39 is 17.9 Å². The second-order valence-electron chi connectivity index (χ2n) is 9.20. The molecule has 1 heterocycles. The molecular formula is C30H32ClN3O4. The Hall–Kier alpha value is -3.68. The summed E-state index contributed by atoms with van der Waals surface area (Å²) in [4.78, 5) is 33.4. The summed E-state index contributed by atoms with van der Waals surface area (Å²) < 4.78 is 5.14. The monoisotopic (exact) mass is 533 g/mol. The topological polar surface area (TPSA) is 104 Å². The summed E-state index contributed by atoms with van der Waals surface area (Å²) in [5, 5.41) is 13.3. The highest BCUT2D eigenvalue weighted by atomic mass is 35.5. The zero-order valence-corrected chi connectivity index (χ0v) is 22.3. The predicted octanol–water partition coefficient (Wildman–Crippen LogP) is 5.35. The van der Waals surface area contributed by atoms with E-state index in [4.69, 9.17) is 16.3 Å². The number of nitrogens with zero attached hydrogens (tertiary/aromatic N) is 1. The van der Waals surface area contributed by atoms with Crippen LogP contribution in [-0.4, -0.2) is 46.2 Å². The number of halogens is 1. The summed E-state index contributed by atoms with van der Waals surface area (Å²) >= 11 is 6.43. The molecule has 4 aromatic rings. The van der Waals surface area contributed by atoms with Crippen molar-refractivity contribution in [3.63, 3.8) is 0 Å². The first-order chi connectivity index (χ1) is 18.4. The Morgan fingerprint density at radius 1 is 1.05 bits per heavy atom. The summed E-state index contributed by atoms with van der Waals surface area (Å²) in [7, 11) is 0. The van der Waals surface area contributed by atoms with Crippen molar-refractivity contribution in [1.29, 1.82) is 0 Å². The Balaban J connectivity index is 1.57. The SMILES string of the molecule is CCOC(=O)[C@@H](CO)CC(Cc1ccc(-c2ccccc2)cc1)NC(=O)c1cc(Cl)c2nc(CC)[nH]c2c1. The number of rotatable bonds is 11. The van der Waals surface area contributed by atoms with Crippen LogP contribution in [0.15, 0.2) is 66.7 Å². The van der Waals surface area contributed by atoms with Gasteiger partial charge in [-0.3, -0.25) is 9.59 Å². The Kier molecular flexibility index (Phi) is 9.15. The molecule has 0 aliphatic rings. The third kappa shape index (κ3) is 6.60. The summed E-state index contributed by atoms with van der Waals surface area (Å²) in [6, 6.07) is 21.1. The quantitative estimate of drug-likeness (QED) is 0.225. The standard InChI is InChI=1S/C30H32ClN3O4/c1-3-27-33-26-17-22(16-25(31)28(26)34-27)29(36)32-24(15-23(18-35)30(37)38-4-2)14-19-10-12-21(13-11-19)20-8-6-5-7-9-20/h5-13,16-17,23-24,35H,3-4,14-15,18H2,1-2H3,(H,32,36)(H,33,34)/t23-,24?/m1/s1. The van der Waals surface area contributed by atoms with E-state index in [1.807, 2.05) is 61.5 Å². The molecule has 3 aromatic carbocycles. The second kappa shape index (κ2) is 12.7. The largest absolute Gasteiger partial charge is 0.466 e. The number of aryl methyl sites for hydroxylation is 1. The number of aromatic amines is 1. The van der Waals surface area contributed by atoms with Gasteiger partial charge in [0.2, 0.25) is 0 Å². The highest BCUT2D eigenvalue weighted by Gasteiger charge is 2.26. The maximum Gasteiger partial charge on any atom is 0.311 e. The number of fused-ring (bicyclic) bond motifs is 1. The van der Waals surface area contributed by atoms with E-state index in [-0.39, 0.29) is 25.5 Å². The van der Waals surface area contributed by atoms with Gasteiger partial charge in [-0.25, -0.2) is 4.98 Å². The Morgan fingerprint density at radius 3 is 2.42 bits per heavy atom. The molecule has 2 atom stereocenters. The van der Waals surface area contributed by atoms with Crippen LogP contribution >= 0.6 is 11.6 Å². The number of nitrogens with one attached hydrogen (secondary N) is 2. The fourth-order valence-electron chi connectivity index (χ4n) is 4.48. The van der Waals surface area contributed by atoms with Gasteiger partial charge in [0.1, 0.15) is 11.3 Å². The van der Waals surface area contributed by atoms with Gasteiger partial charge in [0.15, 0.2) is 0 Å². The highest BCUT2D eigenvalue weighted by Crippen LogP contribution is 2.25. The lowest BCUT2D eigenvalue weighted by atomic mass is 9.94. The predicted molar refractivity (Wildman–Crippen MR) is 149 cm³/mol. The van der Waals surface area contributed by atoms with Crippen molar-refractivity contribution in [2.24, 2.45) is 5.92 Å². The van der Waals surface area contributed by atoms with Gasteiger partial charge in [-0.15, -0.1) is 0 Å². The van der Waals surface area contributed by atoms with Crippen LogP contribution in [0.25, 0.3) is 22.2 Å². The smallest absolute Gasteiger partial charge is 0.311 e. The summed E-state index contributed by atoms with van der Waals surface area (Å²) in [6.45, 7) is 3.55. The lowest BCUT2D eigenvalue weighted by molar-refractivity contribution is -0.149. The van der Waals surface area contributed by atoms with Crippen LogP contribution in [0.3, 0.4) is 0 Å². The molecule has 0 fully saturated rings.